The number of nitrogens with one attached hydrogen (secondary N) is 1. The molecule has 0 aliphatic carbocycles. The first-order valence-corrected chi connectivity index (χ1v) is 6.26. The Bertz CT molecular complexity index is 630. The van der Waals surface area contributed by atoms with Crippen molar-refractivity contribution in [2.24, 2.45) is 0 Å². The second-order valence-electron chi connectivity index (χ2n) is 4.94. The summed E-state index contributed by atoms with van der Waals surface area (Å²) in [6, 6.07) is 3.71. The van der Waals surface area contributed by atoms with Crippen molar-refractivity contribution in [1.82, 2.24) is 20.4 Å². The molecule has 3 heterocycles. The topological polar surface area (TPSA) is 77.9 Å². The Morgan fingerprint density at radius 3 is 2.81 bits per heavy atom. The third-order valence-corrected chi connectivity index (χ3v) is 3.49. The number of halogens is 3. The third-order valence-electron chi connectivity index (χ3n) is 3.49. The number of pyridine rings is 1. The summed E-state index contributed by atoms with van der Waals surface area (Å²) in [4.78, 5) is 5.22. The molecule has 1 aliphatic heterocycles. The molecular weight excluding hydrogens is 287 g/mol. The van der Waals surface area contributed by atoms with Gasteiger partial charge in [-0.2, -0.15) is 28.6 Å². The van der Waals surface area contributed by atoms with Crippen molar-refractivity contribution >= 4 is 5.82 Å². The molecule has 3 rings (SSSR count). The smallest absolute Gasteiger partial charge is 0.381 e. The molecule has 1 saturated heterocycles. The summed E-state index contributed by atoms with van der Waals surface area (Å²) in [5.41, 5.74) is -1.81. The molecule has 1 aliphatic rings. The molecule has 1 fully saturated rings. The molecular formula is C12H12F3N5O. The van der Waals surface area contributed by atoms with E-state index in [2.05, 4.69) is 20.4 Å². The fourth-order valence-electron chi connectivity index (χ4n) is 2.38. The van der Waals surface area contributed by atoms with Gasteiger partial charge in [0.05, 0.1) is 12.7 Å². The predicted molar refractivity (Wildman–Crippen MR) is 66.3 cm³/mol. The van der Waals surface area contributed by atoms with Crippen LogP contribution in [0.4, 0.5) is 19.0 Å². The molecule has 2 aromatic rings. The van der Waals surface area contributed by atoms with Crippen molar-refractivity contribution in [1.29, 1.82) is 0 Å². The fraction of sp³-hybridized carbons (Fsp3) is 0.417. The standard InChI is InChI=1S/C12H12F3N5O/c13-12(14,15)8-2-1-3-10(17-8)20-5-4-11(21,7-20)9-6-16-19-18-9/h1-3,6,21H,4-5,7H2,(H,16,18,19)/t11-/m0/s1. The van der Waals surface area contributed by atoms with E-state index in [9.17, 15) is 18.3 Å². The molecule has 2 N–H and O–H groups in total. The van der Waals surface area contributed by atoms with Crippen LogP contribution in [0, 0.1) is 0 Å². The Labute approximate surface area is 117 Å². The van der Waals surface area contributed by atoms with Crippen LogP contribution in [-0.4, -0.2) is 38.6 Å². The fourth-order valence-corrected chi connectivity index (χ4v) is 2.38. The summed E-state index contributed by atoms with van der Waals surface area (Å²) in [6.07, 6.45) is -2.74. The number of nitrogens with zero attached hydrogens (tertiary/aromatic N) is 4. The summed E-state index contributed by atoms with van der Waals surface area (Å²) in [7, 11) is 0. The zero-order valence-corrected chi connectivity index (χ0v) is 10.8. The van der Waals surface area contributed by atoms with Crippen molar-refractivity contribution in [2.75, 3.05) is 18.0 Å². The van der Waals surface area contributed by atoms with E-state index >= 15 is 0 Å². The SMILES string of the molecule is O[C@@]1(c2cn[nH]n2)CCN(c2cccc(C(F)(F)F)n2)C1. The Morgan fingerprint density at radius 2 is 2.14 bits per heavy atom. The van der Waals surface area contributed by atoms with Crippen LogP contribution in [0.5, 0.6) is 0 Å². The van der Waals surface area contributed by atoms with Crippen molar-refractivity contribution in [3.05, 3.63) is 35.8 Å². The highest BCUT2D eigenvalue weighted by molar-refractivity contribution is 5.42. The Hall–Kier alpha value is -2.16. The molecule has 6 nitrogen and oxygen atoms in total. The van der Waals surface area contributed by atoms with Crippen molar-refractivity contribution in [2.45, 2.75) is 18.2 Å². The molecule has 0 saturated carbocycles. The van der Waals surface area contributed by atoms with Gasteiger partial charge in [-0.3, -0.25) is 0 Å². The van der Waals surface area contributed by atoms with Crippen molar-refractivity contribution in [3.63, 3.8) is 0 Å². The highest BCUT2D eigenvalue weighted by Gasteiger charge is 2.41. The number of hydrogen-bond acceptors (Lipinski definition) is 5. The van der Waals surface area contributed by atoms with Gasteiger partial charge in [-0.1, -0.05) is 6.07 Å². The molecule has 0 aromatic carbocycles. The Kier molecular flexibility index (Phi) is 3.08. The quantitative estimate of drug-likeness (QED) is 0.874. The number of hydrogen-bond donors (Lipinski definition) is 2. The highest BCUT2D eigenvalue weighted by Crippen LogP contribution is 2.34. The maximum atomic E-state index is 12.7. The molecule has 0 bridgehead atoms. The van der Waals surface area contributed by atoms with Gasteiger partial charge in [-0.25, -0.2) is 4.98 Å². The molecule has 9 heteroatoms. The number of alkyl halides is 3. The monoisotopic (exact) mass is 299 g/mol. The third kappa shape index (κ3) is 2.56. The molecule has 0 amide bonds. The van der Waals surface area contributed by atoms with Gasteiger partial charge in [0.15, 0.2) is 0 Å². The predicted octanol–water partition coefficient (Wildman–Crippen LogP) is 1.32. The normalized spacial score (nSPS) is 22.8. The van der Waals surface area contributed by atoms with E-state index in [4.69, 9.17) is 0 Å². The lowest BCUT2D eigenvalue weighted by Gasteiger charge is -2.22. The van der Waals surface area contributed by atoms with Crippen molar-refractivity contribution in [3.8, 4) is 0 Å². The zero-order valence-electron chi connectivity index (χ0n) is 10.8. The lowest BCUT2D eigenvalue weighted by atomic mass is 10.0. The van der Waals surface area contributed by atoms with Crippen LogP contribution in [-0.2, 0) is 11.8 Å². The molecule has 0 radical (unpaired) electrons. The highest BCUT2D eigenvalue weighted by atomic mass is 19.4. The molecule has 0 spiro atoms. The lowest BCUT2D eigenvalue weighted by molar-refractivity contribution is -0.141. The van der Waals surface area contributed by atoms with Gasteiger partial charge in [-0.05, 0) is 12.1 Å². The number of aliphatic hydroxyl groups is 1. The van der Waals surface area contributed by atoms with Gasteiger partial charge in [0.1, 0.15) is 22.8 Å². The van der Waals surface area contributed by atoms with Gasteiger partial charge < -0.3 is 10.0 Å². The van der Waals surface area contributed by atoms with Crippen LogP contribution in [0.25, 0.3) is 0 Å². The summed E-state index contributed by atoms with van der Waals surface area (Å²) in [5.74, 6) is 0.184. The van der Waals surface area contributed by atoms with E-state index in [1.54, 1.807) is 4.90 Å². The van der Waals surface area contributed by atoms with E-state index in [1.165, 1.54) is 18.3 Å². The maximum Gasteiger partial charge on any atom is 0.433 e. The first-order valence-electron chi connectivity index (χ1n) is 6.26. The number of aromatic amines is 1. The summed E-state index contributed by atoms with van der Waals surface area (Å²) >= 11 is 0. The van der Waals surface area contributed by atoms with E-state index in [1.807, 2.05) is 0 Å². The molecule has 112 valence electrons. The maximum absolute atomic E-state index is 12.7. The molecule has 0 unspecified atom stereocenters. The van der Waals surface area contributed by atoms with Crippen LogP contribution in [0.15, 0.2) is 24.4 Å². The molecule has 21 heavy (non-hydrogen) atoms. The lowest BCUT2D eigenvalue weighted by Crippen LogP contribution is -2.31. The van der Waals surface area contributed by atoms with Crippen LogP contribution in [0.1, 0.15) is 17.8 Å². The van der Waals surface area contributed by atoms with E-state index in [-0.39, 0.29) is 12.4 Å². The van der Waals surface area contributed by atoms with Crippen LogP contribution in [0.3, 0.4) is 0 Å². The second-order valence-corrected chi connectivity index (χ2v) is 4.94. The summed E-state index contributed by atoms with van der Waals surface area (Å²) in [5, 5.41) is 20.4. The van der Waals surface area contributed by atoms with Gasteiger partial charge in [0.25, 0.3) is 0 Å². The van der Waals surface area contributed by atoms with Gasteiger partial charge in [0.2, 0.25) is 0 Å². The van der Waals surface area contributed by atoms with Gasteiger partial charge in [-0.15, -0.1) is 0 Å². The summed E-state index contributed by atoms with van der Waals surface area (Å²) < 4.78 is 38.0. The van der Waals surface area contributed by atoms with E-state index in [0.29, 0.717) is 18.7 Å². The van der Waals surface area contributed by atoms with E-state index in [0.717, 1.165) is 6.07 Å². The number of anilines is 1. The van der Waals surface area contributed by atoms with Crippen molar-refractivity contribution < 1.29 is 18.3 Å². The first-order chi connectivity index (χ1) is 9.88. The number of H-pyrrole nitrogens is 1. The van der Waals surface area contributed by atoms with Crippen LogP contribution in [0.2, 0.25) is 0 Å². The number of aromatic nitrogens is 4. The minimum Gasteiger partial charge on any atom is -0.381 e. The largest absolute Gasteiger partial charge is 0.433 e. The first kappa shape index (κ1) is 13.8. The van der Waals surface area contributed by atoms with Crippen LogP contribution < -0.4 is 4.90 Å². The minimum absolute atomic E-state index is 0.119. The van der Waals surface area contributed by atoms with Gasteiger partial charge in [0, 0.05) is 13.0 Å². The Balaban J connectivity index is 1.84. The average Bonchev–Trinajstić information content (AvgIpc) is 3.08. The molecule has 1 atom stereocenters. The minimum atomic E-state index is -4.49. The summed E-state index contributed by atoms with van der Waals surface area (Å²) in [6.45, 7) is 0.505. The second kappa shape index (κ2) is 4.69. The molecule has 2 aromatic heterocycles. The zero-order chi connectivity index (χ0) is 15.1. The van der Waals surface area contributed by atoms with Gasteiger partial charge >= 0.3 is 6.18 Å². The number of β-amino-alcohol motifs (C(OH)–C–C–N with tert-alkyl or cyclic N) is 1. The van der Waals surface area contributed by atoms with Crippen LogP contribution >= 0.6 is 0 Å². The Morgan fingerprint density at radius 1 is 1.33 bits per heavy atom. The number of rotatable bonds is 2. The van der Waals surface area contributed by atoms with E-state index < -0.39 is 17.5 Å². The average molecular weight is 299 g/mol.